The number of nitrogens with zero attached hydrogens (tertiary/aromatic N) is 3. The molecule has 25 heavy (non-hydrogen) atoms. The van der Waals surface area contributed by atoms with E-state index in [0.29, 0.717) is 12.6 Å². The van der Waals surface area contributed by atoms with E-state index in [9.17, 15) is 4.79 Å². The van der Waals surface area contributed by atoms with E-state index in [0.717, 1.165) is 34.5 Å². The standard InChI is InChI=1S/C17H18N4O2S2/c1-11(16(22)18-10-13-4-2-8-23-13)25-17-20-19-15(14-5-3-9-24-14)21(17)12-6-7-12/h2-5,8-9,11-12H,6-7,10H2,1H3,(H,18,22)/t11-/m0/s1. The highest BCUT2D eigenvalue weighted by Gasteiger charge is 2.31. The summed E-state index contributed by atoms with van der Waals surface area (Å²) in [4.78, 5) is 13.5. The zero-order valence-electron chi connectivity index (χ0n) is 13.7. The lowest BCUT2D eigenvalue weighted by Gasteiger charge is -2.12. The summed E-state index contributed by atoms with van der Waals surface area (Å²) < 4.78 is 7.43. The van der Waals surface area contributed by atoms with E-state index in [2.05, 4.69) is 26.1 Å². The van der Waals surface area contributed by atoms with E-state index in [1.165, 1.54) is 11.8 Å². The molecule has 3 heterocycles. The predicted molar refractivity (Wildman–Crippen MR) is 97.5 cm³/mol. The fourth-order valence-corrected chi connectivity index (χ4v) is 4.18. The Morgan fingerprint density at radius 3 is 3.00 bits per heavy atom. The van der Waals surface area contributed by atoms with Gasteiger partial charge in [-0.05, 0) is 43.3 Å². The van der Waals surface area contributed by atoms with Gasteiger partial charge in [-0.15, -0.1) is 21.5 Å². The number of thiophene rings is 1. The maximum absolute atomic E-state index is 12.3. The van der Waals surface area contributed by atoms with Crippen molar-refractivity contribution < 1.29 is 9.21 Å². The SMILES string of the molecule is C[C@H](Sc1nnc(-c2cccs2)n1C1CC1)C(=O)NCc1ccco1. The lowest BCUT2D eigenvalue weighted by Crippen LogP contribution is -2.30. The molecule has 130 valence electrons. The fourth-order valence-electron chi connectivity index (χ4n) is 2.54. The average molecular weight is 374 g/mol. The summed E-state index contributed by atoms with van der Waals surface area (Å²) in [6, 6.07) is 8.18. The van der Waals surface area contributed by atoms with E-state index in [4.69, 9.17) is 4.42 Å². The van der Waals surface area contributed by atoms with Gasteiger partial charge in [-0.2, -0.15) is 0 Å². The normalized spacial score (nSPS) is 15.2. The van der Waals surface area contributed by atoms with Crippen molar-refractivity contribution in [2.24, 2.45) is 0 Å². The summed E-state index contributed by atoms with van der Waals surface area (Å²) in [5.41, 5.74) is 0. The Kier molecular flexibility index (Phi) is 4.63. The monoisotopic (exact) mass is 374 g/mol. The molecule has 1 atom stereocenters. The lowest BCUT2D eigenvalue weighted by molar-refractivity contribution is -0.120. The molecule has 0 spiro atoms. The van der Waals surface area contributed by atoms with Gasteiger partial charge in [-0.25, -0.2) is 0 Å². The third kappa shape index (κ3) is 3.64. The number of thioether (sulfide) groups is 1. The van der Waals surface area contributed by atoms with Crippen LogP contribution in [0.25, 0.3) is 10.7 Å². The Balaban J connectivity index is 1.46. The van der Waals surface area contributed by atoms with Crippen LogP contribution in [0.2, 0.25) is 0 Å². The predicted octanol–water partition coefficient (Wildman–Crippen LogP) is 3.73. The molecule has 0 aromatic carbocycles. The topological polar surface area (TPSA) is 73.0 Å². The van der Waals surface area contributed by atoms with Crippen LogP contribution in [-0.4, -0.2) is 25.9 Å². The Labute approximate surface area is 153 Å². The first-order chi connectivity index (χ1) is 12.2. The molecule has 1 N–H and O–H groups in total. The molecule has 0 radical (unpaired) electrons. The van der Waals surface area contributed by atoms with Crippen molar-refractivity contribution in [2.75, 3.05) is 0 Å². The molecule has 1 aliphatic carbocycles. The van der Waals surface area contributed by atoms with Crippen molar-refractivity contribution in [1.29, 1.82) is 0 Å². The highest BCUT2D eigenvalue weighted by molar-refractivity contribution is 8.00. The molecular weight excluding hydrogens is 356 g/mol. The van der Waals surface area contributed by atoms with Crippen LogP contribution in [0.15, 0.2) is 45.5 Å². The molecule has 1 aliphatic rings. The molecule has 1 fully saturated rings. The molecule has 3 aromatic heterocycles. The van der Waals surface area contributed by atoms with Gasteiger partial charge in [0.1, 0.15) is 5.76 Å². The zero-order valence-corrected chi connectivity index (χ0v) is 15.3. The summed E-state index contributed by atoms with van der Waals surface area (Å²) in [6.07, 6.45) is 3.88. The highest BCUT2D eigenvalue weighted by atomic mass is 32.2. The average Bonchev–Trinajstić information content (AvgIpc) is 3.05. The van der Waals surface area contributed by atoms with Crippen molar-refractivity contribution >= 4 is 29.0 Å². The summed E-state index contributed by atoms with van der Waals surface area (Å²) in [5, 5.41) is 14.2. The second-order valence-electron chi connectivity index (χ2n) is 5.94. The maximum Gasteiger partial charge on any atom is 0.233 e. The summed E-state index contributed by atoms with van der Waals surface area (Å²) >= 11 is 3.11. The van der Waals surface area contributed by atoms with Gasteiger partial charge >= 0.3 is 0 Å². The Hall–Kier alpha value is -2.06. The first-order valence-electron chi connectivity index (χ1n) is 8.18. The third-order valence-electron chi connectivity index (χ3n) is 3.99. The molecule has 0 saturated heterocycles. The van der Waals surface area contributed by atoms with Crippen LogP contribution >= 0.6 is 23.1 Å². The Morgan fingerprint density at radius 2 is 2.32 bits per heavy atom. The molecule has 1 amide bonds. The van der Waals surface area contributed by atoms with Gasteiger partial charge in [0.05, 0.1) is 22.9 Å². The minimum absolute atomic E-state index is 0.0376. The third-order valence-corrected chi connectivity index (χ3v) is 5.91. The van der Waals surface area contributed by atoms with Crippen LogP contribution in [0.1, 0.15) is 31.6 Å². The minimum Gasteiger partial charge on any atom is -0.467 e. The first kappa shape index (κ1) is 16.4. The number of aromatic nitrogens is 3. The Morgan fingerprint density at radius 1 is 1.44 bits per heavy atom. The van der Waals surface area contributed by atoms with E-state index >= 15 is 0 Å². The Bertz CT molecular complexity index is 838. The number of nitrogens with one attached hydrogen (secondary N) is 1. The number of hydrogen-bond acceptors (Lipinski definition) is 6. The summed E-state index contributed by atoms with van der Waals surface area (Å²) in [6.45, 7) is 2.28. The quantitative estimate of drug-likeness (QED) is 0.638. The summed E-state index contributed by atoms with van der Waals surface area (Å²) in [5.74, 6) is 1.61. The molecule has 8 heteroatoms. The largest absolute Gasteiger partial charge is 0.467 e. The van der Waals surface area contributed by atoms with Gasteiger partial charge in [0.15, 0.2) is 11.0 Å². The van der Waals surface area contributed by atoms with Crippen LogP contribution in [-0.2, 0) is 11.3 Å². The van der Waals surface area contributed by atoms with Crippen LogP contribution in [0.3, 0.4) is 0 Å². The van der Waals surface area contributed by atoms with E-state index in [-0.39, 0.29) is 11.2 Å². The number of carbonyl (C=O) groups is 1. The van der Waals surface area contributed by atoms with Crippen molar-refractivity contribution in [3.05, 3.63) is 41.7 Å². The fraction of sp³-hybridized carbons (Fsp3) is 0.353. The van der Waals surface area contributed by atoms with E-state index in [1.54, 1.807) is 17.6 Å². The molecule has 0 bridgehead atoms. The van der Waals surface area contributed by atoms with Crippen LogP contribution < -0.4 is 5.32 Å². The lowest BCUT2D eigenvalue weighted by atomic mass is 10.4. The number of furan rings is 1. The number of hydrogen-bond donors (Lipinski definition) is 1. The molecule has 0 unspecified atom stereocenters. The van der Waals surface area contributed by atoms with Gasteiger partial charge in [0, 0.05) is 6.04 Å². The van der Waals surface area contributed by atoms with E-state index in [1.807, 2.05) is 30.5 Å². The molecule has 6 nitrogen and oxygen atoms in total. The molecule has 4 rings (SSSR count). The van der Waals surface area contributed by atoms with Crippen molar-refractivity contribution in [3.63, 3.8) is 0 Å². The van der Waals surface area contributed by atoms with Gasteiger partial charge in [0.25, 0.3) is 0 Å². The zero-order chi connectivity index (χ0) is 17.2. The van der Waals surface area contributed by atoms with E-state index < -0.39 is 0 Å². The van der Waals surface area contributed by atoms with Crippen molar-refractivity contribution in [3.8, 4) is 10.7 Å². The molecule has 0 aliphatic heterocycles. The summed E-state index contributed by atoms with van der Waals surface area (Å²) in [7, 11) is 0. The van der Waals surface area contributed by atoms with Crippen molar-refractivity contribution in [2.45, 2.75) is 42.8 Å². The molecule has 3 aromatic rings. The first-order valence-corrected chi connectivity index (χ1v) is 9.94. The second kappa shape index (κ2) is 7.05. The van der Waals surface area contributed by atoms with Gasteiger partial charge < -0.3 is 9.73 Å². The van der Waals surface area contributed by atoms with Crippen molar-refractivity contribution in [1.82, 2.24) is 20.1 Å². The molecular formula is C17H18N4O2S2. The maximum atomic E-state index is 12.3. The van der Waals surface area contributed by atoms with Crippen LogP contribution in [0.4, 0.5) is 0 Å². The minimum atomic E-state index is -0.257. The van der Waals surface area contributed by atoms with Gasteiger partial charge in [-0.3, -0.25) is 9.36 Å². The van der Waals surface area contributed by atoms with Crippen LogP contribution in [0.5, 0.6) is 0 Å². The smallest absolute Gasteiger partial charge is 0.233 e. The highest BCUT2D eigenvalue weighted by Crippen LogP contribution is 2.42. The number of rotatable bonds is 7. The number of amides is 1. The van der Waals surface area contributed by atoms with Crippen LogP contribution in [0, 0.1) is 0 Å². The number of carbonyl (C=O) groups excluding carboxylic acids is 1. The second-order valence-corrected chi connectivity index (χ2v) is 8.20. The molecule has 1 saturated carbocycles. The van der Waals surface area contributed by atoms with Gasteiger partial charge in [-0.1, -0.05) is 17.8 Å². The van der Waals surface area contributed by atoms with Gasteiger partial charge in [0.2, 0.25) is 5.91 Å².